The number of piperidine rings is 2. The highest BCUT2D eigenvalue weighted by Crippen LogP contribution is 2.43. The lowest BCUT2D eigenvalue weighted by Crippen LogP contribution is -2.48. The minimum Gasteiger partial charge on any atom is -0.493 e. The van der Waals surface area contributed by atoms with Gasteiger partial charge in [0.25, 0.3) is 11.8 Å². The molecule has 0 unspecified atom stereocenters. The highest BCUT2D eigenvalue weighted by Gasteiger charge is 2.31. The number of rotatable bonds is 8. The Morgan fingerprint density at radius 3 is 2.33 bits per heavy atom. The number of carbonyl (C=O) groups excluding carboxylic acids is 4. The summed E-state index contributed by atoms with van der Waals surface area (Å²) in [5.74, 6) is -0.788. The van der Waals surface area contributed by atoms with E-state index in [2.05, 4.69) is 26.6 Å². The summed E-state index contributed by atoms with van der Waals surface area (Å²) in [4.78, 5) is 64.4. The van der Waals surface area contributed by atoms with Crippen molar-refractivity contribution in [3.8, 4) is 27.3 Å². The zero-order chi connectivity index (χ0) is 41.1. The van der Waals surface area contributed by atoms with Crippen molar-refractivity contribution in [3.63, 3.8) is 0 Å². The van der Waals surface area contributed by atoms with E-state index in [9.17, 15) is 19.2 Å². The van der Waals surface area contributed by atoms with E-state index in [0.717, 1.165) is 58.6 Å². The SMILES string of the molecule is COC(=O)c1nc(C(=O)N2CCC(N3CCCCC3)CC2)ccc1-c1cc2c(cc1C(=O)Nc1c(C)cc(CNC(=O)OC(C)(C)C)cc1C)-c1sccc1CCO2. The van der Waals surface area contributed by atoms with Crippen LogP contribution in [0.1, 0.15) is 106 Å². The fourth-order valence-corrected chi connectivity index (χ4v) is 9.25. The third kappa shape index (κ3) is 9.05. The van der Waals surface area contributed by atoms with Crippen LogP contribution in [0.15, 0.2) is 47.8 Å². The Morgan fingerprint density at radius 1 is 0.914 bits per heavy atom. The summed E-state index contributed by atoms with van der Waals surface area (Å²) in [6.07, 6.45) is 5.73. The van der Waals surface area contributed by atoms with E-state index in [-0.39, 0.29) is 23.8 Å². The van der Waals surface area contributed by atoms with Gasteiger partial charge in [-0.15, -0.1) is 11.3 Å². The smallest absolute Gasteiger partial charge is 0.407 e. The number of methoxy groups -OCH3 is 1. The molecule has 5 heterocycles. The number of thiophene rings is 1. The zero-order valence-corrected chi connectivity index (χ0v) is 35.1. The third-order valence-electron chi connectivity index (χ3n) is 11.1. The van der Waals surface area contributed by atoms with Crippen LogP contribution in [0.2, 0.25) is 0 Å². The summed E-state index contributed by atoms with van der Waals surface area (Å²) in [6, 6.07) is 13.3. The van der Waals surface area contributed by atoms with Gasteiger partial charge in [-0.3, -0.25) is 9.59 Å². The number of likely N-dealkylation sites (tertiary alicyclic amines) is 2. The molecule has 0 atom stereocenters. The Kier molecular flexibility index (Phi) is 12.2. The number of aromatic nitrogens is 1. The van der Waals surface area contributed by atoms with Gasteiger partial charge in [-0.05, 0) is 131 Å². The lowest BCUT2D eigenvalue weighted by molar-refractivity contribution is 0.0520. The van der Waals surface area contributed by atoms with Crippen molar-refractivity contribution in [3.05, 3.63) is 87.0 Å². The maximum Gasteiger partial charge on any atom is 0.407 e. The molecule has 2 aromatic heterocycles. The van der Waals surface area contributed by atoms with Gasteiger partial charge in [0.05, 0.1) is 13.7 Å². The van der Waals surface area contributed by atoms with Crippen LogP contribution in [0.5, 0.6) is 5.75 Å². The summed E-state index contributed by atoms with van der Waals surface area (Å²) in [6.45, 7) is 13.4. The molecule has 7 rings (SSSR count). The van der Waals surface area contributed by atoms with Gasteiger partial charge < -0.3 is 34.6 Å². The molecule has 2 saturated heterocycles. The number of pyridine rings is 1. The van der Waals surface area contributed by atoms with Gasteiger partial charge in [0.1, 0.15) is 17.0 Å². The summed E-state index contributed by atoms with van der Waals surface area (Å²) in [5.41, 5.74) is 5.50. The summed E-state index contributed by atoms with van der Waals surface area (Å²) in [5, 5.41) is 7.97. The molecule has 0 aliphatic carbocycles. The molecular weight excluding hydrogens is 755 g/mol. The summed E-state index contributed by atoms with van der Waals surface area (Å²) < 4.78 is 16.9. The largest absolute Gasteiger partial charge is 0.493 e. The highest BCUT2D eigenvalue weighted by atomic mass is 32.1. The number of aryl methyl sites for hydroxylation is 2. The number of amides is 3. The molecule has 12 nitrogen and oxygen atoms in total. The maximum atomic E-state index is 14.6. The van der Waals surface area contributed by atoms with Crippen molar-refractivity contribution in [2.45, 2.75) is 91.3 Å². The first-order valence-corrected chi connectivity index (χ1v) is 21.1. The molecule has 13 heteroatoms. The lowest BCUT2D eigenvalue weighted by Gasteiger charge is -2.40. The number of nitrogens with one attached hydrogen (secondary N) is 2. The van der Waals surface area contributed by atoms with Crippen molar-refractivity contribution in [2.24, 2.45) is 0 Å². The van der Waals surface area contributed by atoms with Crippen molar-refractivity contribution in [2.75, 3.05) is 45.2 Å². The normalized spacial score (nSPS) is 16.0. The van der Waals surface area contributed by atoms with Crippen LogP contribution in [0.3, 0.4) is 0 Å². The molecule has 4 aromatic rings. The molecule has 0 saturated carbocycles. The van der Waals surface area contributed by atoms with Gasteiger partial charge >= 0.3 is 12.1 Å². The quantitative estimate of drug-likeness (QED) is 0.169. The molecule has 2 aromatic carbocycles. The van der Waals surface area contributed by atoms with E-state index in [1.807, 2.05) is 63.1 Å². The molecule has 2 fully saturated rings. The van der Waals surface area contributed by atoms with Gasteiger partial charge in [-0.25, -0.2) is 14.6 Å². The number of nitrogens with zero attached hydrogens (tertiary/aromatic N) is 3. The van der Waals surface area contributed by atoms with E-state index in [1.54, 1.807) is 29.5 Å². The average Bonchev–Trinajstić information content (AvgIpc) is 3.61. The molecule has 2 N–H and O–H groups in total. The second-order valence-corrected chi connectivity index (χ2v) is 17.3. The predicted octanol–water partition coefficient (Wildman–Crippen LogP) is 8.18. The minimum absolute atomic E-state index is 0.0646. The van der Waals surface area contributed by atoms with Crippen LogP contribution < -0.4 is 15.4 Å². The van der Waals surface area contributed by atoms with E-state index >= 15 is 0 Å². The van der Waals surface area contributed by atoms with E-state index in [0.29, 0.717) is 60.3 Å². The molecular formula is C45H53N5O7S. The Bertz CT molecular complexity index is 2190. The minimum atomic E-state index is -0.724. The average molecular weight is 808 g/mol. The highest BCUT2D eigenvalue weighted by molar-refractivity contribution is 7.13. The molecule has 3 amide bonds. The second kappa shape index (κ2) is 17.3. The van der Waals surface area contributed by atoms with E-state index in [1.165, 1.54) is 26.4 Å². The molecule has 3 aliphatic rings. The fourth-order valence-electron chi connectivity index (χ4n) is 8.28. The number of alkyl carbamates (subject to hydrolysis) is 1. The molecule has 306 valence electrons. The summed E-state index contributed by atoms with van der Waals surface area (Å²) >= 11 is 1.58. The Morgan fingerprint density at radius 2 is 1.64 bits per heavy atom. The van der Waals surface area contributed by atoms with Crippen molar-refractivity contribution in [1.82, 2.24) is 20.1 Å². The number of ether oxygens (including phenoxy) is 3. The van der Waals surface area contributed by atoms with Crippen molar-refractivity contribution < 1.29 is 33.4 Å². The second-order valence-electron chi connectivity index (χ2n) is 16.4. The predicted molar refractivity (Wildman–Crippen MR) is 225 cm³/mol. The molecule has 0 radical (unpaired) electrons. The molecule has 0 bridgehead atoms. The van der Waals surface area contributed by atoms with Crippen LogP contribution in [-0.4, -0.2) is 90.2 Å². The van der Waals surface area contributed by atoms with Crippen LogP contribution >= 0.6 is 11.3 Å². The first-order valence-electron chi connectivity index (χ1n) is 20.2. The van der Waals surface area contributed by atoms with Crippen LogP contribution in [0, 0.1) is 13.8 Å². The topological polar surface area (TPSA) is 139 Å². The van der Waals surface area contributed by atoms with Gasteiger partial charge in [0.2, 0.25) is 0 Å². The van der Waals surface area contributed by atoms with Gasteiger partial charge in [-0.2, -0.15) is 0 Å². The van der Waals surface area contributed by atoms with Gasteiger partial charge in [-0.1, -0.05) is 18.6 Å². The number of benzene rings is 2. The van der Waals surface area contributed by atoms with Crippen LogP contribution in [0.4, 0.5) is 10.5 Å². The maximum absolute atomic E-state index is 14.6. The summed E-state index contributed by atoms with van der Waals surface area (Å²) in [7, 11) is 1.28. The van der Waals surface area contributed by atoms with E-state index < -0.39 is 23.6 Å². The third-order valence-corrected chi connectivity index (χ3v) is 12.1. The lowest BCUT2D eigenvalue weighted by atomic mass is 9.93. The van der Waals surface area contributed by atoms with Crippen molar-refractivity contribution >= 4 is 40.9 Å². The van der Waals surface area contributed by atoms with Crippen LogP contribution in [-0.2, 0) is 22.4 Å². The fraction of sp³-hybridized carbons (Fsp3) is 0.444. The number of hydrogen-bond donors (Lipinski definition) is 2. The first-order chi connectivity index (χ1) is 27.8. The Hall–Kier alpha value is -5.27. The number of hydrogen-bond acceptors (Lipinski definition) is 10. The number of anilines is 1. The number of carbonyl (C=O) groups is 4. The zero-order valence-electron chi connectivity index (χ0n) is 34.3. The van der Waals surface area contributed by atoms with Gasteiger partial charge in [0.15, 0.2) is 5.69 Å². The Labute approximate surface area is 344 Å². The van der Waals surface area contributed by atoms with Crippen molar-refractivity contribution in [1.29, 1.82) is 0 Å². The number of esters is 1. The first kappa shape index (κ1) is 40.9. The molecule has 58 heavy (non-hydrogen) atoms. The van der Waals surface area contributed by atoms with Gasteiger partial charge in [0, 0.05) is 64.9 Å². The monoisotopic (exact) mass is 807 g/mol. The molecule has 3 aliphatic heterocycles. The van der Waals surface area contributed by atoms with Crippen LogP contribution in [0.25, 0.3) is 21.6 Å². The standard InChI is InChI=1S/C45H53N5O7S/c1-27-22-29(26-46-44(54)57-45(3,4)5)23-28(2)38(27)48-41(51)34-24-35-37(56-20-14-30-15-21-58-40(30)35)25-33(34)32-10-11-36(47-39(32)43(53)55-6)42(52)50-18-12-31(13-19-50)49-16-8-7-9-17-49/h10-11,15,21-25,31H,7-9,12-14,16-20,26H2,1-6H3,(H,46,54)(H,48,51). The number of fused-ring (bicyclic) bond motifs is 3. The Balaban J connectivity index is 1.21. The molecule has 0 spiro atoms. The van der Waals surface area contributed by atoms with E-state index in [4.69, 9.17) is 14.2 Å².